The number of ether oxygens (including phenoxy) is 2. The Morgan fingerprint density at radius 1 is 1.19 bits per heavy atom. The molecule has 10 heteroatoms. The molecule has 0 bridgehead atoms. The van der Waals surface area contributed by atoms with E-state index in [1.165, 1.54) is 6.92 Å². The average molecular weight is 384 g/mol. The molecule has 2 amide bonds. The highest BCUT2D eigenvalue weighted by atomic mass is 16.6. The van der Waals surface area contributed by atoms with Crippen LogP contribution in [0.15, 0.2) is 30.3 Å². The molecule has 1 heterocycles. The highest BCUT2D eigenvalue weighted by molar-refractivity contribution is 5.85. The van der Waals surface area contributed by atoms with E-state index in [4.69, 9.17) is 14.6 Å². The lowest BCUT2D eigenvalue weighted by Crippen LogP contribution is -2.65. The third-order valence-electron chi connectivity index (χ3n) is 4.15. The second-order valence-electron chi connectivity index (χ2n) is 6.19. The predicted octanol–water partition coefficient (Wildman–Crippen LogP) is -1.78. The second kappa shape index (κ2) is 9.62. The molecule has 1 aromatic carbocycles. The van der Waals surface area contributed by atoms with Crippen molar-refractivity contribution in [1.29, 1.82) is 0 Å². The molecule has 0 aromatic heterocycles. The summed E-state index contributed by atoms with van der Waals surface area (Å²) in [6, 6.07) is 6.60. The van der Waals surface area contributed by atoms with E-state index in [0.29, 0.717) is 0 Å². The molecule has 0 aliphatic carbocycles. The average Bonchev–Trinajstić information content (AvgIpc) is 2.66. The summed E-state index contributed by atoms with van der Waals surface area (Å²) in [5.74, 6) is -0.729. The summed E-state index contributed by atoms with van der Waals surface area (Å²) in [7, 11) is 0. The summed E-state index contributed by atoms with van der Waals surface area (Å²) >= 11 is 0. The van der Waals surface area contributed by atoms with Crippen LogP contribution in [0.3, 0.4) is 0 Å². The SMILES string of the molecule is CC(NC(=O)OCc1ccccc1)C(=O)NC1C(O)O[C@@H](CO)[C@H](O)[C@H]1O. The minimum Gasteiger partial charge on any atom is -0.445 e. The molecule has 1 aromatic rings. The van der Waals surface area contributed by atoms with Gasteiger partial charge in [-0.1, -0.05) is 30.3 Å². The maximum Gasteiger partial charge on any atom is 0.408 e. The van der Waals surface area contributed by atoms with Crippen LogP contribution in [-0.4, -0.2) is 75.7 Å². The lowest BCUT2D eigenvalue weighted by Gasteiger charge is -2.40. The van der Waals surface area contributed by atoms with Crippen molar-refractivity contribution >= 4 is 12.0 Å². The Labute approximate surface area is 155 Å². The normalized spacial score (nSPS) is 28.9. The molecule has 0 spiro atoms. The first-order chi connectivity index (χ1) is 12.8. The van der Waals surface area contributed by atoms with Gasteiger partial charge < -0.3 is 40.5 Å². The Morgan fingerprint density at radius 2 is 1.85 bits per heavy atom. The van der Waals surface area contributed by atoms with Gasteiger partial charge in [-0.3, -0.25) is 4.79 Å². The summed E-state index contributed by atoms with van der Waals surface area (Å²) in [5, 5.41) is 43.3. The largest absolute Gasteiger partial charge is 0.445 e. The van der Waals surface area contributed by atoms with Crippen molar-refractivity contribution in [2.75, 3.05) is 6.61 Å². The van der Waals surface area contributed by atoms with Crippen molar-refractivity contribution in [3.63, 3.8) is 0 Å². The molecule has 1 aliphatic heterocycles. The minimum atomic E-state index is -1.64. The fraction of sp³-hybridized carbons (Fsp3) is 0.529. The van der Waals surface area contributed by atoms with Gasteiger partial charge in [0.15, 0.2) is 6.29 Å². The molecule has 1 aliphatic rings. The van der Waals surface area contributed by atoms with E-state index in [0.717, 1.165) is 5.56 Å². The lowest BCUT2D eigenvalue weighted by molar-refractivity contribution is -0.253. The molecule has 0 radical (unpaired) electrons. The van der Waals surface area contributed by atoms with Gasteiger partial charge in [-0.15, -0.1) is 0 Å². The van der Waals surface area contributed by atoms with Crippen LogP contribution in [0.5, 0.6) is 0 Å². The first kappa shape index (κ1) is 21.1. The second-order valence-corrected chi connectivity index (χ2v) is 6.19. The van der Waals surface area contributed by atoms with Crippen LogP contribution in [0.2, 0.25) is 0 Å². The minimum absolute atomic E-state index is 0.0314. The van der Waals surface area contributed by atoms with Crippen LogP contribution in [-0.2, 0) is 20.9 Å². The Morgan fingerprint density at radius 3 is 2.48 bits per heavy atom. The van der Waals surface area contributed by atoms with Crippen LogP contribution in [0.25, 0.3) is 0 Å². The predicted molar refractivity (Wildman–Crippen MR) is 91.1 cm³/mol. The number of aliphatic hydroxyl groups is 4. The number of aliphatic hydroxyl groups excluding tert-OH is 4. The maximum absolute atomic E-state index is 12.2. The van der Waals surface area contributed by atoms with Gasteiger partial charge in [0.05, 0.1) is 6.61 Å². The van der Waals surface area contributed by atoms with Crippen molar-refractivity contribution in [2.45, 2.75) is 50.2 Å². The van der Waals surface area contributed by atoms with E-state index in [1.807, 2.05) is 6.07 Å². The van der Waals surface area contributed by atoms with Gasteiger partial charge in [-0.2, -0.15) is 0 Å². The standard InChI is InChI=1S/C17H24N2O8/c1-9(18-17(25)26-8-10-5-3-2-4-6-10)15(23)19-12-14(22)13(21)11(7-20)27-16(12)24/h2-6,9,11-14,16,20-22,24H,7-8H2,1H3,(H,18,25)(H,19,23)/t9?,11-,12?,13-,14-,16?/m0/s1. The smallest absolute Gasteiger partial charge is 0.408 e. The third-order valence-corrected chi connectivity index (χ3v) is 4.15. The highest BCUT2D eigenvalue weighted by Crippen LogP contribution is 2.19. The Kier molecular flexibility index (Phi) is 7.51. The lowest BCUT2D eigenvalue weighted by atomic mass is 9.97. The molecule has 6 atom stereocenters. The van der Waals surface area contributed by atoms with E-state index in [9.17, 15) is 24.9 Å². The van der Waals surface area contributed by atoms with Gasteiger partial charge in [0.25, 0.3) is 0 Å². The summed E-state index contributed by atoms with van der Waals surface area (Å²) in [6.45, 7) is 0.805. The van der Waals surface area contributed by atoms with Gasteiger partial charge in [0.1, 0.15) is 37.0 Å². The van der Waals surface area contributed by atoms with Crippen molar-refractivity contribution in [3.8, 4) is 0 Å². The zero-order chi connectivity index (χ0) is 20.0. The number of hydrogen-bond donors (Lipinski definition) is 6. The Hall–Kier alpha value is -2.24. The van der Waals surface area contributed by atoms with Gasteiger partial charge in [0.2, 0.25) is 5.91 Å². The molecule has 10 nitrogen and oxygen atoms in total. The molecule has 1 fully saturated rings. The van der Waals surface area contributed by atoms with Crippen LogP contribution in [0.4, 0.5) is 4.79 Å². The molecule has 27 heavy (non-hydrogen) atoms. The topological polar surface area (TPSA) is 158 Å². The number of carbonyl (C=O) groups is 2. The first-order valence-corrected chi connectivity index (χ1v) is 8.41. The van der Waals surface area contributed by atoms with Gasteiger partial charge in [-0.05, 0) is 12.5 Å². The van der Waals surface area contributed by atoms with Crippen molar-refractivity contribution < 1.29 is 39.5 Å². The molecular weight excluding hydrogens is 360 g/mol. The van der Waals surface area contributed by atoms with Crippen LogP contribution in [0.1, 0.15) is 12.5 Å². The van der Waals surface area contributed by atoms with Crippen molar-refractivity contribution in [3.05, 3.63) is 35.9 Å². The number of alkyl carbamates (subject to hydrolysis) is 1. The molecular formula is C17H24N2O8. The van der Waals surface area contributed by atoms with Crippen LogP contribution in [0, 0.1) is 0 Å². The van der Waals surface area contributed by atoms with Crippen LogP contribution < -0.4 is 10.6 Å². The summed E-state index contributed by atoms with van der Waals surface area (Å²) in [4.78, 5) is 24.0. The summed E-state index contributed by atoms with van der Waals surface area (Å²) in [6.07, 6.45) is -6.69. The van der Waals surface area contributed by atoms with Gasteiger partial charge in [-0.25, -0.2) is 4.79 Å². The van der Waals surface area contributed by atoms with Crippen molar-refractivity contribution in [2.24, 2.45) is 0 Å². The molecule has 150 valence electrons. The van der Waals surface area contributed by atoms with Crippen LogP contribution >= 0.6 is 0 Å². The molecule has 0 saturated carbocycles. The monoisotopic (exact) mass is 384 g/mol. The number of nitrogens with one attached hydrogen (secondary N) is 2. The quantitative estimate of drug-likeness (QED) is 0.336. The number of amides is 2. The first-order valence-electron chi connectivity index (χ1n) is 8.41. The fourth-order valence-corrected chi connectivity index (χ4v) is 2.55. The number of rotatable bonds is 6. The van der Waals surface area contributed by atoms with Gasteiger partial charge in [0, 0.05) is 0 Å². The van der Waals surface area contributed by atoms with E-state index in [1.54, 1.807) is 24.3 Å². The molecule has 3 unspecified atom stereocenters. The molecule has 6 N–H and O–H groups in total. The number of carbonyl (C=O) groups excluding carboxylic acids is 2. The highest BCUT2D eigenvalue weighted by Gasteiger charge is 2.44. The fourth-order valence-electron chi connectivity index (χ4n) is 2.55. The Balaban J connectivity index is 1.83. The number of hydrogen-bond acceptors (Lipinski definition) is 8. The van der Waals surface area contributed by atoms with E-state index in [-0.39, 0.29) is 6.61 Å². The van der Waals surface area contributed by atoms with E-state index < -0.39 is 55.3 Å². The van der Waals surface area contributed by atoms with E-state index >= 15 is 0 Å². The Bertz CT molecular complexity index is 629. The third kappa shape index (κ3) is 5.62. The maximum atomic E-state index is 12.2. The zero-order valence-corrected chi connectivity index (χ0v) is 14.7. The van der Waals surface area contributed by atoms with E-state index in [2.05, 4.69) is 10.6 Å². The van der Waals surface area contributed by atoms with Crippen molar-refractivity contribution in [1.82, 2.24) is 10.6 Å². The molecule has 2 rings (SSSR count). The summed E-state index contributed by atoms with van der Waals surface area (Å²) in [5.41, 5.74) is 0.780. The zero-order valence-electron chi connectivity index (χ0n) is 14.7. The number of benzene rings is 1. The molecule has 1 saturated heterocycles. The van der Waals surface area contributed by atoms with Gasteiger partial charge >= 0.3 is 6.09 Å². The summed E-state index contributed by atoms with van der Waals surface area (Å²) < 4.78 is 9.95.